The van der Waals surface area contributed by atoms with Crippen LogP contribution >= 0.6 is 0 Å². The van der Waals surface area contributed by atoms with Gasteiger partial charge in [0.2, 0.25) is 0 Å². The number of pyridine rings is 1. The van der Waals surface area contributed by atoms with Crippen LogP contribution in [-0.4, -0.2) is 28.8 Å². The van der Waals surface area contributed by atoms with Gasteiger partial charge in [-0.1, -0.05) is 24.2 Å². The zero-order valence-electron chi connectivity index (χ0n) is 14.7. The minimum absolute atomic E-state index is 0.445. The zero-order chi connectivity index (χ0) is 17.6. The molecule has 0 bridgehead atoms. The maximum absolute atomic E-state index is 5.20. The molecule has 6 nitrogen and oxygen atoms in total. The number of methoxy groups -OCH3 is 1. The fraction of sp³-hybridized carbons (Fsp3) is 0.316. The van der Waals surface area contributed by atoms with Crippen LogP contribution in [0.25, 0.3) is 11.5 Å². The molecule has 0 aliphatic rings. The molecule has 0 fully saturated rings. The molecule has 1 aromatic carbocycles. The molecule has 25 heavy (non-hydrogen) atoms. The first-order valence-electron chi connectivity index (χ1n) is 8.30. The molecule has 1 N–H and O–H groups in total. The maximum atomic E-state index is 5.20. The van der Waals surface area contributed by atoms with E-state index in [1.54, 1.807) is 20.2 Å². The van der Waals surface area contributed by atoms with Gasteiger partial charge in [0, 0.05) is 18.3 Å². The first-order valence-corrected chi connectivity index (χ1v) is 8.30. The predicted molar refractivity (Wildman–Crippen MR) is 96.8 cm³/mol. The summed E-state index contributed by atoms with van der Waals surface area (Å²) in [6, 6.07) is 12.0. The summed E-state index contributed by atoms with van der Waals surface area (Å²) in [5.41, 5.74) is 2.16. The molecule has 0 saturated heterocycles. The minimum atomic E-state index is 0.445. The predicted octanol–water partition coefficient (Wildman–Crippen LogP) is 4.05. The third kappa shape index (κ3) is 4.35. The highest BCUT2D eigenvalue weighted by atomic mass is 16.5. The number of hydrogen-bond acceptors (Lipinski definition) is 6. The quantitative estimate of drug-likeness (QED) is 0.700. The van der Waals surface area contributed by atoms with Crippen LogP contribution in [0.2, 0.25) is 0 Å². The largest absolute Gasteiger partial charge is 0.497 e. The maximum Gasteiger partial charge on any atom is 0.258 e. The number of rotatable bonds is 7. The summed E-state index contributed by atoms with van der Waals surface area (Å²) in [6.45, 7) is 4.84. The van der Waals surface area contributed by atoms with Crippen LogP contribution in [0, 0.1) is 6.92 Å². The van der Waals surface area contributed by atoms with Gasteiger partial charge in [-0.25, -0.2) is 4.98 Å². The molecule has 1 atom stereocenters. The second kappa shape index (κ2) is 7.79. The van der Waals surface area contributed by atoms with Gasteiger partial charge in [0.05, 0.1) is 7.11 Å². The number of ether oxygens (including phenoxy) is 1. The van der Waals surface area contributed by atoms with Crippen LogP contribution in [-0.2, 0) is 0 Å². The highest BCUT2D eigenvalue weighted by Crippen LogP contribution is 2.23. The van der Waals surface area contributed by atoms with Crippen molar-refractivity contribution in [2.75, 3.05) is 19.0 Å². The molecule has 130 valence electrons. The first-order chi connectivity index (χ1) is 12.2. The van der Waals surface area contributed by atoms with E-state index in [1.807, 2.05) is 24.3 Å². The summed E-state index contributed by atoms with van der Waals surface area (Å²) < 4.78 is 10.4. The van der Waals surface area contributed by atoms with E-state index in [4.69, 9.17) is 9.26 Å². The van der Waals surface area contributed by atoms with Gasteiger partial charge < -0.3 is 14.6 Å². The molecular weight excluding hydrogens is 316 g/mol. The average molecular weight is 338 g/mol. The van der Waals surface area contributed by atoms with E-state index in [9.17, 15) is 0 Å². The van der Waals surface area contributed by atoms with Gasteiger partial charge in [-0.15, -0.1) is 0 Å². The summed E-state index contributed by atoms with van der Waals surface area (Å²) in [4.78, 5) is 8.59. The van der Waals surface area contributed by atoms with Crippen molar-refractivity contribution in [3.05, 3.63) is 54.0 Å². The standard InChI is InChI=1S/C19H22N4O2/c1-13(15-4-6-17(24-3)7-5-15)8-10-20-18-12-16(9-11-21-18)19-22-14(2)23-25-19/h4-7,9,11-13H,8,10H2,1-3H3,(H,20,21). The van der Waals surface area contributed by atoms with Crippen molar-refractivity contribution in [2.45, 2.75) is 26.2 Å². The van der Waals surface area contributed by atoms with Crippen LogP contribution in [0.15, 0.2) is 47.1 Å². The van der Waals surface area contributed by atoms with Crippen molar-refractivity contribution in [3.8, 4) is 17.2 Å². The Kier molecular flexibility index (Phi) is 5.28. The van der Waals surface area contributed by atoms with Crippen LogP contribution in [0.3, 0.4) is 0 Å². The number of aryl methyl sites for hydroxylation is 1. The Bertz CT molecular complexity index is 814. The molecule has 6 heteroatoms. The van der Waals surface area contributed by atoms with Gasteiger partial charge in [-0.05, 0) is 49.1 Å². The third-order valence-electron chi connectivity index (χ3n) is 4.10. The topological polar surface area (TPSA) is 73.1 Å². The van der Waals surface area contributed by atoms with Gasteiger partial charge in [0.25, 0.3) is 5.89 Å². The van der Waals surface area contributed by atoms with Crippen LogP contribution in [0.5, 0.6) is 5.75 Å². The first kappa shape index (κ1) is 17.0. The van der Waals surface area contributed by atoms with Gasteiger partial charge in [-0.2, -0.15) is 4.98 Å². The Morgan fingerprint density at radius 3 is 2.68 bits per heavy atom. The second-order valence-electron chi connectivity index (χ2n) is 5.97. The Morgan fingerprint density at radius 1 is 1.20 bits per heavy atom. The molecule has 3 aromatic rings. The van der Waals surface area contributed by atoms with Crippen molar-refractivity contribution in [2.24, 2.45) is 0 Å². The Morgan fingerprint density at radius 2 is 2.00 bits per heavy atom. The van der Waals surface area contributed by atoms with E-state index in [-0.39, 0.29) is 0 Å². The lowest BCUT2D eigenvalue weighted by molar-refractivity contribution is 0.414. The second-order valence-corrected chi connectivity index (χ2v) is 5.97. The number of benzene rings is 1. The SMILES string of the molecule is COc1ccc(C(C)CCNc2cc(-c3nc(C)no3)ccn2)cc1. The highest BCUT2D eigenvalue weighted by Gasteiger charge is 2.09. The van der Waals surface area contributed by atoms with E-state index in [1.165, 1.54) is 5.56 Å². The lowest BCUT2D eigenvalue weighted by Gasteiger charge is -2.13. The Balaban J connectivity index is 1.56. The normalized spacial score (nSPS) is 12.0. The fourth-order valence-corrected chi connectivity index (χ4v) is 2.59. The molecule has 0 radical (unpaired) electrons. The van der Waals surface area contributed by atoms with Gasteiger partial charge in [-0.3, -0.25) is 0 Å². The van der Waals surface area contributed by atoms with Crippen molar-refractivity contribution in [1.29, 1.82) is 0 Å². The van der Waals surface area contributed by atoms with Crippen molar-refractivity contribution in [3.63, 3.8) is 0 Å². The van der Waals surface area contributed by atoms with Crippen molar-refractivity contribution < 1.29 is 9.26 Å². The molecule has 2 heterocycles. The number of hydrogen-bond donors (Lipinski definition) is 1. The Hall–Kier alpha value is -2.89. The molecule has 1 unspecified atom stereocenters. The molecule has 0 spiro atoms. The summed E-state index contributed by atoms with van der Waals surface area (Å²) in [5, 5.41) is 7.18. The van der Waals surface area contributed by atoms with Crippen LogP contribution in [0.1, 0.15) is 30.7 Å². The number of anilines is 1. The van der Waals surface area contributed by atoms with Crippen LogP contribution < -0.4 is 10.1 Å². The summed E-state index contributed by atoms with van der Waals surface area (Å²) in [7, 11) is 1.68. The lowest BCUT2D eigenvalue weighted by atomic mass is 9.98. The summed E-state index contributed by atoms with van der Waals surface area (Å²) in [6.07, 6.45) is 2.74. The van der Waals surface area contributed by atoms with E-state index in [0.29, 0.717) is 17.6 Å². The lowest BCUT2D eigenvalue weighted by Crippen LogP contribution is -2.07. The zero-order valence-corrected chi connectivity index (χ0v) is 14.7. The van der Waals surface area contributed by atoms with E-state index in [0.717, 1.165) is 30.1 Å². The molecule has 2 aromatic heterocycles. The highest BCUT2D eigenvalue weighted by molar-refractivity contribution is 5.57. The molecule has 0 amide bonds. The smallest absolute Gasteiger partial charge is 0.258 e. The molecule has 3 rings (SSSR count). The molecule has 0 aliphatic heterocycles. The van der Waals surface area contributed by atoms with E-state index < -0.39 is 0 Å². The number of aromatic nitrogens is 3. The molecule has 0 saturated carbocycles. The molecule has 0 aliphatic carbocycles. The van der Waals surface area contributed by atoms with E-state index >= 15 is 0 Å². The minimum Gasteiger partial charge on any atom is -0.497 e. The van der Waals surface area contributed by atoms with Gasteiger partial charge >= 0.3 is 0 Å². The third-order valence-corrected chi connectivity index (χ3v) is 4.10. The van der Waals surface area contributed by atoms with Gasteiger partial charge in [0.1, 0.15) is 11.6 Å². The summed E-state index contributed by atoms with van der Waals surface area (Å²) in [5.74, 6) is 3.26. The van der Waals surface area contributed by atoms with E-state index in [2.05, 4.69) is 39.5 Å². The number of nitrogens with zero attached hydrogens (tertiary/aromatic N) is 3. The monoisotopic (exact) mass is 338 g/mol. The van der Waals surface area contributed by atoms with Crippen molar-refractivity contribution in [1.82, 2.24) is 15.1 Å². The summed E-state index contributed by atoms with van der Waals surface area (Å²) >= 11 is 0. The molecular formula is C19H22N4O2. The number of nitrogens with one attached hydrogen (secondary N) is 1. The van der Waals surface area contributed by atoms with Crippen molar-refractivity contribution >= 4 is 5.82 Å². The van der Waals surface area contributed by atoms with Crippen LogP contribution in [0.4, 0.5) is 5.82 Å². The fourth-order valence-electron chi connectivity index (χ4n) is 2.59. The van der Waals surface area contributed by atoms with Gasteiger partial charge in [0.15, 0.2) is 5.82 Å². The Labute approximate surface area is 147 Å². The average Bonchev–Trinajstić information content (AvgIpc) is 3.08.